The quantitative estimate of drug-likeness (QED) is 0.833. The summed E-state index contributed by atoms with van der Waals surface area (Å²) in [6.07, 6.45) is 5.40. The second-order valence-electron chi connectivity index (χ2n) is 5.70. The number of aromatic nitrogens is 1. The Bertz CT molecular complexity index is 409. The Morgan fingerprint density at radius 3 is 2.58 bits per heavy atom. The van der Waals surface area contributed by atoms with Crippen molar-refractivity contribution in [2.75, 3.05) is 20.2 Å². The molecule has 1 aromatic heterocycles. The van der Waals surface area contributed by atoms with Gasteiger partial charge in [-0.3, -0.25) is 0 Å². The first kappa shape index (κ1) is 14.3. The number of rotatable bonds is 4. The molecule has 106 valence electrons. The summed E-state index contributed by atoms with van der Waals surface area (Å²) in [6, 6.07) is 2.95. The summed E-state index contributed by atoms with van der Waals surface area (Å²) in [6.45, 7) is 9.10. The Kier molecular flexibility index (Phi) is 4.81. The predicted molar refractivity (Wildman–Crippen MR) is 78.9 cm³/mol. The van der Waals surface area contributed by atoms with Crippen LogP contribution >= 0.6 is 0 Å². The van der Waals surface area contributed by atoms with Gasteiger partial charge in [-0.05, 0) is 63.7 Å². The summed E-state index contributed by atoms with van der Waals surface area (Å²) in [4.78, 5) is 7.02. The Labute approximate surface area is 117 Å². The van der Waals surface area contributed by atoms with Crippen LogP contribution in [0.15, 0.2) is 12.3 Å². The fraction of sp³-hybridized carbons (Fsp3) is 0.688. The van der Waals surface area contributed by atoms with Gasteiger partial charge in [0.15, 0.2) is 0 Å². The number of pyridine rings is 1. The molecule has 1 fully saturated rings. The smallest absolute Gasteiger partial charge is 0.216 e. The molecule has 3 nitrogen and oxygen atoms in total. The molecule has 0 unspecified atom stereocenters. The van der Waals surface area contributed by atoms with Crippen molar-refractivity contribution in [1.29, 1.82) is 0 Å². The standard InChI is InChI=1S/C16H26N2O/c1-5-13-10-15(16(19-4)17-11-13)14-6-8-18(9-7-14)12(2)3/h10-12,14H,5-9H2,1-4H3. The average Bonchev–Trinajstić information content (AvgIpc) is 2.46. The molecule has 2 heterocycles. The maximum Gasteiger partial charge on any atom is 0.216 e. The van der Waals surface area contributed by atoms with E-state index in [2.05, 4.69) is 36.7 Å². The minimum Gasteiger partial charge on any atom is -0.481 e. The van der Waals surface area contributed by atoms with Crippen molar-refractivity contribution in [3.63, 3.8) is 0 Å². The molecule has 0 spiro atoms. The van der Waals surface area contributed by atoms with E-state index in [0.717, 1.165) is 12.3 Å². The van der Waals surface area contributed by atoms with Gasteiger partial charge in [-0.25, -0.2) is 4.98 Å². The third kappa shape index (κ3) is 3.27. The van der Waals surface area contributed by atoms with Crippen molar-refractivity contribution >= 4 is 0 Å². The van der Waals surface area contributed by atoms with Gasteiger partial charge >= 0.3 is 0 Å². The normalized spacial score (nSPS) is 17.9. The van der Waals surface area contributed by atoms with E-state index in [9.17, 15) is 0 Å². The van der Waals surface area contributed by atoms with E-state index in [1.165, 1.54) is 37.1 Å². The number of methoxy groups -OCH3 is 1. The van der Waals surface area contributed by atoms with Crippen LogP contribution < -0.4 is 4.74 Å². The fourth-order valence-electron chi connectivity index (χ4n) is 2.90. The second kappa shape index (κ2) is 6.38. The molecule has 0 N–H and O–H groups in total. The van der Waals surface area contributed by atoms with Gasteiger partial charge in [-0.2, -0.15) is 0 Å². The van der Waals surface area contributed by atoms with E-state index in [1.54, 1.807) is 7.11 Å². The van der Waals surface area contributed by atoms with Gasteiger partial charge in [-0.15, -0.1) is 0 Å². The number of hydrogen-bond acceptors (Lipinski definition) is 3. The molecule has 0 aliphatic carbocycles. The monoisotopic (exact) mass is 262 g/mol. The third-order valence-electron chi connectivity index (χ3n) is 4.24. The van der Waals surface area contributed by atoms with E-state index in [4.69, 9.17) is 4.74 Å². The van der Waals surface area contributed by atoms with Gasteiger partial charge in [-0.1, -0.05) is 6.92 Å². The summed E-state index contributed by atoms with van der Waals surface area (Å²) < 4.78 is 5.45. The van der Waals surface area contributed by atoms with Crippen LogP contribution in [0.3, 0.4) is 0 Å². The average molecular weight is 262 g/mol. The first-order valence-corrected chi connectivity index (χ1v) is 7.42. The van der Waals surface area contributed by atoms with Gasteiger partial charge < -0.3 is 9.64 Å². The molecule has 1 aromatic rings. The van der Waals surface area contributed by atoms with E-state index in [1.807, 2.05) is 6.20 Å². The Morgan fingerprint density at radius 1 is 1.37 bits per heavy atom. The molecule has 0 saturated carbocycles. The molecule has 0 atom stereocenters. The lowest BCUT2D eigenvalue weighted by molar-refractivity contribution is 0.170. The Hall–Kier alpha value is -1.09. The molecule has 0 amide bonds. The van der Waals surface area contributed by atoms with Gasteiger partial charge in [0, 0.05) is 17.8 Å². The first-order chi connectivity index (χ1) is 9.15. The number of ether oxygens (including phenoxy) is 1. The van der Waals surface area contributed by atoms with Crippen molar-refractivity contribution in [2.45, 2.75) is 52.0 Å². The number of hydrogen-bond donors (Lipinski definition) is 0. The van der Waals surface area contributed by atoms with Crippen LogP contribution in [0.25, 0.3) is 0 Å². The highest BCUT2D eigenvalue weighted by molar-refractivity contribution is 5.33. The van der Waals surface area contributed by atoms with Gasteiger partial charge in [0.05, 0.1) is 7.11 Å². The Balaban J connectivity index is 2.13. The SMILES string of the molecule is CCc1cnc(OC)c(C2CCN(C(C)C)CC2)c1. The largest absolute Gasteiger partial charge is 0.481 e. The van der Waals surface area contributed by atoms with Crippen LogP contribution in [0, 0.1) is 0 Å². The molecule has 2 rings (SSSR count). The number of nitrogens with zero attached hydrogens (tertiary/aromatic N) is 2. The molecular formula is C16H26N2O. The molecule has 0 radical (unpaired) electrons. The van der Waals surface area contributed by atoms with Crippen molar-refractivity contribution in [2.24, 2.45) is 0 Å². The Morgan fingerprint density at radius 2 is 2.05 bits per heavy atom. The van der Waals surface area contributed by atoms with Crippen molar-refractivity contribution in [3.8, 4) is 5.88 Å². The van der Waals surface area contributed by atoms with Crippen LogP contribution in [0.4, 0.5) is 0 Å². The number of aryl methyl sites for hydroxylation is 1. The molecule has 19 heavy (non-hydrogen) atoms. The van der Waals surface area contributed by atoms with E-state index < -0.39 is 0 Å². The number of likely N-dealkylation sites (tertiary alicyclic amines) is 1. The van der Waals surface area contributed by atoms with Crippen LogP contribution in [-0.4, -0.2) is 36.1 Å². The van der Waals surface area contributed by atoms with Crippen molar-refractivity contribution < 1.29 is 4.74 Å². The lowest BCUT2D eigenvalue weighted by Crippen LogP contribution is -2.37. The van der Waals surface area contributed by atoms with Gasteiger partial charge in [0.25, 0.3) is 0 Å². The highest BCUT2D eigenvalue weighted by Gasteiger charge is 2.24. The molecule has 1 aliphatic rings. The zero-order valence-electron chi connectivity index (χ0n) is 12.6. The molecule has 0 aromatic carbocycles. The zero-order valence-corrected chi connectivity index (χ0v) is 12.6. The highest BCUT2D eigenvalue weighted by atomic mass is 16.5. The first-order valence-electron chi connectivity index (χ1n) is 7.42. The predicted octanol–water partition coefficient (Wildman–Crippen LogP) is 3.24. The maximum atomic E-state index is 5.45. The van der Waals surface area contributed by atoms with E-state index in [0.29, 0.717) is 12.0 Å². The maximum absolute atomic E-state index is 5.45. The van der Waals surface area contributed by atoms with Gasteiger partial charge in [0.2, 0.25) is 5.88 Å². The lowest BCUT2D eigenvalue weighted by atomic mass is 9.88. The van der Waals surface area contributed by atoms with Gasteiger partial charge in [0.1, 0.15) is 0 Å². The molecule has 0 bridgehead atoms. The summed E-state index contributed by atoms with van der Waals surface area (Å²) in [5, 5.41) is 0. The zero-order chi connectivity index (χ0) is 13.8. The molecule has 1 aliphatic heterocycles. The van der Waals surface area contributed by atoms with Crippen molar-refractivity contribution in [3.05, 3.63) is 23.4 Å². The fourth-order valence-corrected chi connectivity index (χ4v) is 2.90. The summed E-state index contributed by atoms with van der Waals surface area (Å²) in [5.41, 5.74) is 2.62. The van der Waals surface area contributed by atoms with Crippen LogP contribution in [-0.2, 0) is 6.42 Å². The third-order valence-corrected chi connectivity index (χ3v) is 4.24. The minimum atomic E-state index is 0.601. The van der Waals surface area contributed by atoms with Crippen molar-refractivity contribution in [1.82, 2.24) is 9.88 Å². The molecule has 3 heteroatoms. The van der Waals surface area contributed by atoms with E-state index in [-0.39, 0.29) is 0 Å². The summed E-state index contributed by atoms with van der Waals surface area (Å²) in [5.74, 6) is 1.42. The van der Waals surface area contributed by atoms with Crippen LogP contribution in [0.2, 0.25) is 0 Å². The van der Waals surface area contributed by atoms with Crippen LogP contribution in [0.1, 0.15) is 50.7 Å². The second-order valence-corrected chi connectivity index (χ2v) is 5.70. The molecular weight excluding hydrogens is 236 g/mol. The topological polar surface area (TPSA) is 25.4 Å². The molecule has 1 saturated heterocycles. The van der Waals surface area contributed by atoms with E-state index >= 15 is 0 Å². The lowest BCUT2D eigenvalue weighted by Gasteiger charge is -2.35. The minimum absolute atomic E-state index is 0.601. The summed E-state index contributed by atoms with van der Waals surface area (Å²) >= 11 is 0. The summed E-state index contributed by atoms with van der Waals surface area (Å²) in [7, 11) is 1.72. The number of piperidine rings is 1. The van der Waals surface area contributed by atoms with Crippen LogP contribution in [0.5, 0.6) is 5.88 Å². The highest BCUT2D eigenvalue weighted by Crippen LogP contribution is 2.34.